The molecule has 23 heavy (non-hydrogen) atoms. The number of aromatic nitrogens is 1. The van der Waals surface area contributed by atoms with Crippen LogP contribution in [0.2, 0.25) is 0 Å². The van der Waals surface area contributed by atoms with Crippen molar-refractivity contribution >= 4 is 27.3 Å². The highest BCUT2D eigenvalue weighted by molar-refractivity contribution is 7.89. The van der Waals surface area contributed by atoms with Crippen LogP contribution in [0, 0.1) is 6.92 Å². The van der Waals surface area contributed by atoms with Crippen molar-refractivity contribution in [3.05, 3.63) is 45.9 Å². The lowest BCUT2D eigenvalue weighted by Crippen LogP contribution is -2.25. The van der Waals surface area contributed by atoms with Gasteiger partial charge in [0.25, 0.3) is 0 Å². The normalized spacial score (nSPS) is 11.4. The summed E-state index contributed by atoms with van der Waals surface area (Å²) in [5, 5.41) is 10.8. The molecule has 0 aliphatic heterocycles. The third-order valence-electron chi connectivity index (χ3n) is 3.22. The van der Waals surface area contributed by atoms with Crippen LogP contribution >= 0.6 is 11.3 Å². The average Bonchev–Trinajstić information content (AvgIpc) is 2.90. The van der Waals surface area contributed by atoms with Gasteiger partial charge in [0, 0.05) is 30.5 Å². The molecule has 2 rings (SSSR count). The minimum Gasteiger partial charge on any atom is -0.356 e. The van der Waals surface area contributed by atoms with E-state index in [0.29, 0.717) is 25.8 Å². The highest BCUT2D eigenvalue weighted by atomic mass is 32.2. The number of thiazole rings is 1. The van der Waals surface area contributed by atoms with E-state index in [0.717, 1.165) is 16.3 Å². The van der Waals surface area contributed by atoms with Crippen molar-refractivity contribution < 1.29 is 13.2 Å². The zero-order valence-electron chi connectivity index (χ0n) is 12.8. The predicted molar refractivity (Wildman–Crippen MR) is 89.7 cm³/mol. The van der Waals surface area contributed by atoms with E-state index >= 15 is 0 Å². The predicted octanol–water partition coefficient (Wildman–Crippen LogP) is 1.39. The second kappa shape index (κ2) is 7.67. The molecule has 1 aromatic carbocycles. The van der Waals surface area contributed by atoms with Gasteiger partial charge in [-0.1, -0.05) is 12.1 Å². The fourth-order valence-electron chi connectivity index (χ4n) is 2.02. The Kier molecular flexibility index (Phi) is 5.86. The number of aryl methyl sites for hydroxylation is 2. The Labute approximate surface area is 139 Å². The molecule has 0 unspecified atom stereocenters. The van der Waals surface area contributed by atoms with Gasteiger partial charge in [-0.05, 0) is 31.0 Å². The molecule has 1 heterocycles. The summed E-state index contributed by atoms with van der Waals surface area (Å²) in [7, 11) is -3.66. The largest absolute Gasteiger partial charge is 0.356 e. The minimum absolute atomic E-state index is 0.0148. The summed E-state index contributed by atoms with van der Waals surface area (Å²) in [6, 6.07) is 6.34. The number of benzene rings is 1. The molecule has 0 atom stereocenters. The molecule has 2 aromatic rings. The smallest absolute Gasteiger partial charge is 0.238 e. The molecule has 0 spiro atoms. The van der Waals surface area contributed by atoms with Gasteiger partial charge in [0.1, 0.15) is 0 Å². The van der Waals surface area contributed by atoms with Crippen molar-refractivity contribution in [3.63, 3.8) is 0 Å². The molecule has 1 aromatic heterocycles. The highest BCUT2D eigenvalue weighted by Crippen LogP contribution is 2.11. The van der Waals surface area contributed by atoms with Gasteiger partial charge in [0.2, 0.25) is 15.9 Å². The van der Waals surface area contributed by atoms with Crippen molar-refractivity contribution in [1.82, 2.24) is 10.3 Å². The summed E-state index contributed by atoms with van der Waals surface area (Å²) in [6.45, 7) is 2.44. The molecular formula is C15H19N3O3S2. The molecule has 0 bridgehead atoms. The maximum absolute atomic E-state index is 11.8. The Morgan fingerprint density at radius 2 is 1.96 bits per heavy atom. The molecule has 0 radical (unpaired) electrons. The first-order valence-corrected chi connectivity index (χ1v) is 9.56. The van der Waals surface area contributed by atoms with E-state index in [9.17, 15) is 13.2 Å². The zero-order valence-corrected chi connectivity index (χ0v) is 14.4. The van der Waals surface area contributed by atoms with E-state index < -0.39 is 10.0 Å². The van der Waals surface area contributed by atoms with Crippen LogP contribution in [0.4, 0.5) is 0 Å². The first kappa shape index (κ1) is 17.6. The number of hydrogen-bond donors (Lipinski definition) is 2. The van der Waals surface area contributed by atoms with Gasteiger partial charge in [-0.3, -0.25) is 4.79 Å². The molecule has 0 fully saturated rings. The Morgan fingerprint density at radius 3 is 2.52 bits per heavy atom. The number of primary sulfonamides is 1. The Balaban J connectivity index is 1.73. The van der Waals surface area contributed by atoms with Crippen molar-refractivity contribution in [2.75, 3.05) is 6.54 Å². The Hall–Kier alpha value is -1.77. The second-order valence-corrected chi connectivity index (χ2v) is 7.68. The number of carbonyl (C=O) groups is 1. The highest BCUT2D eigenvalue weighted by Gasteiger charge is 2.07. The molecular weight excluding hydrogens is 334 g/mol. The van der Waals surface area contributed by atoms with Gasteiger partial charge in [-0.2, -0.15) is 0 Å². The van der Waals surface area contributed by atoms with Gasteiger partial charge >= 0.3 is 0 Å². The minimum atomic E-state index is -3.66. The molecule has 0 aliphatic rings. The second-order valence-electron chi connectivity index (χ2n) is 5.17. The van der Waals surface area contributed by atoms with Crippen molar-refractivity contribution in [2.24, 2.45) is 5.14 Å². The van der Waals surface area contributed by atoms with E-state index in [4.69, 9.17) is 5.14 Å². The van der Waals surface area contributed by atoms with Gasteiger partial charge in [0.15, 0.2) is 0 Å². The summed E-state index contributed by atoms with van der Waals surface area (Å²) in [5.74, 6) is -0.0148. The van der Waals surface area contributed by atoms with Crippen molar-refractivity contribution in [3.8, 4) is 0 Å². The number of nitrogens with zero attached hydrogens (tertiary/aromatic N) is 1. The first-order chi connectivity index (χ1) is 10.8. The zero-order chi connectivity index (χ0) is 16.9. The molecule has 0 aliphatic carbocycles. The quantitative estimate of drug-likeness (QED) is 0.785. The van der Waals surface area contributed by atoms with Crippen LogP contribution < -0.4 is 10.5 Å². The van der Waals surface area contributed by atoms with Crippen LogP contribution in [0.3, 0.4) is 0 Å². The maximum Gasteiger partial charge on any atom is 0.238 e. The van der Waals surface area contributed by atoms with Crippen LogP contribution in [0.15, 0.2) is 34.5 Å². The van der Waals surface area contributed by atoms with Crippen LogP contribution in [-0.2, 0) is 27.7 Å². The number of hydrogen-bond acceptors (Lipinski definition) is 5. The average molecular weight is 353 g/mol. The summed E-state index contributed by atoms with van der Waals surface area (Å²) >= 11 is 1.57. The monoisotopic (exact) mass is 353 g/mol. The van der Waals surface area contributed by atoms with Crippen molar-refractivity contribution in [2.45, 2.75) is 31.1 Å². The summed E-state index contributed by atoms with van der Waals surface area (Å²) in [6.07, 6.45) is 1.69. The Morgan fingerprint density at radius 1 is 1.26 bits per heavy atom. The van der Waals surface area contributed by atoms with E-state index in [2.05, 4.69) is 10.3 Å². The van der Waals surface area contributed by atoms with Gasteiger partial charge in [-0.25, -0.2) is 18.5 Å². The standard InChI is InChI=1S/C15H19N3O3S2/c1-11-10-22-15(18-11)7-6-14(19)17-9-8-12-2-4-13(5-3-12)23(16,20)21/h2-5,10H,6-9H2,1H3,(H,17,19)(H2,16,20,21). The molecule has 1 amide bonds. The van der Waals surface area contributed by atoms with E-state index in [1.54, 1.807) is 23.5 Å². The Bertz CT molecular complexity index is 768. The summed E-state index contributed by atoms with van der Waals surface area (Å²) < 4.78 is 22.3. The summed E-state index contributed by atoms with van der Waals surface area (Å²) in [4.78, 5) is 16.2. The number of amides is 1. The number of nitrogens with two attached hydrogens (primary N) is 1. The van der Waals surface area contributed by atoms with E-state index in [1.807, 2.05) is 12.3 Å². The first-order valence-electron chi connectivity index (χ1n) is 7.14. The fourth-order valence-corrected chi connectivity index (χ4v) is 3.31. The van der Waals surface area contributed by atoms with E-state index in [-0.39, 0.29) is 10.8 Å². The topological polar surface area (TPSA) is 102 Å². The van der Waals surface area contributed by atoms with Crippen molar-refractivity contribution in [1.29, 1.82) is 0 Å². The number of rotatable bonds is 7. The fraction of sp³-hybridized carbons (Fsp3) is 0.333. The van der Waals surface area contributed by atoms with Crippen LogP contribution in [-0.4, -0.2) is 25.9 Å². The number of carbonyl (C=O) groups excluding carboxylic acids is 1. The molecule has 0 saturated heterocycles. The lowest BCUT2D eigenvalue weighted by Gasteiger charge is -2.05. The number of nitrogens with one attached hydrogen (secondary N) is 1. The van der Waals surface area contributed by atoms with Gasteiger partial charge in [-0.15, -0.1) is 11.3 Å². The SMILES string of the molecule is Cc1csc(CCC(=O)NCCc2ccc(S(N)(=O)=O)cc2)n1. The summed E-state index contributed by atoms with van der Waals surface area (Å²) in [5.41, 5.74) is 1.92. The molecule has 0 saturated carbocycles. The van der Waals surface area contributed by atoms with Gasteiger partial charge < -0.3 is 5.32 Å². The molecule has 124 valence electrons. The van der Waals surface area contributed by atoms with Crippen LogP contribution in [0.5, 0.6) is 0 Å². The van der Waals surface area contributed by atoms with Crippen LogP contribution in [0.25, 0.3) is 0 Å². The van der Waals surface area contributed by atoms with Crippen LogP contribution in [0.1, 0.15) is 22.7 Å². The third kappa shape index (κ3) is 5.74. The lowest BCUT2D eigenvalue weighted by molar-refractivity contribution is -0.121. The third-order valence-corrected chi connectivity index (χ3v) is 5.18. The molecule has 8 heteroatoms. The molecule has 3 N–H and O–H groups in total. The number of sulfonamides is 1. The molecule has 6 nitrogen and oxygen atoms in total. The van der Waals surface area contributed by atoms with Gasteiger partial charge in [0.05, 0.1) is 9.90 Å². The van der Waals surface area contributed by atoms with E-state index in [1.165, 1.54) is 12.1 Å². The lowest BCUT2D eigenvalue weighted by atomic mass is 10.1. The maximum atomic E-state index is 11.8.